The van der Waals surface area contributed by atoms with E-state index in [-0.39, 0.29) is 5.91 Å². The summed E-state index contributed by atoms with van der Waals surface area (Å²) in [5.41, 5.74) is 2.14. The molecule has 1 aliphatic rings. The van der Waals surface area contributed by atoms with E-state index < -0.39 is 8.07 Å². The Morgan fingerprint density at radius 3 is 2.75 bits per heavy atom. The SMILES string of the molecule is C[Si](C)(C)CCOCn1ccc(N2C(=O)CCc3ccccc32)n1. The maximum absolute atomic E-state index is 12.4. The lowest BCUT2D eigenvalue weighted by Crippen LogP contribution is -2.31. The maximum Gasteiger partial charge on any atom is 0.233 e. The maximum atomic E-state index is 12.4. The van der Waals surface area contributed by atoms with Crippen LogP contribution in [0.15, 0.2) is 36.5 Å². The molecule has 0 aliphatic carbocycles. The number of rotatable bonds is 6. The fraction of sp³-hybridized carbons (Fsp3) is 0.444. The summed E-state index contributed by atoms with van der Waals surface area (Å²) >= 11 is 0. The summed E-state index contributed by atoms with van der Waals surface area (Å²) in [6.45, 7) is 8.19. The fourth-order valence-corrected chi connectivity index (χ4v) is 3.51. The van der Waals surface area contributed by atoms with Gasteiger partial charge in [-0.1, -0.05) is 37.8 Å². The Balaban J connectivity index is 1.68. The molecule has 1 aromatic heterocycles. The third kappa shape index (κ3) is 3.94. The zero-order valence-electron chi connectivity index (χ0n) is 14.7. The summed E-state index contributed by atoms with van der Waals surface area (Å²) in [4.78, 5) is 14.1. The zero-order valence-corrected chi connectivity index (χ0v) is 15.7. The van der Waals surface area contributed by atoms with Crippen molar-refractivity contribution < 1.29 is 9.53 Å². The van der Waals surface area contributed by atoms with Crippen molar-refractivity contribution in [1.82, 2.24) is 9.78 Å². The van der Waals surface area contributed by atoms with Crippen LogP contribution in [0.5, 0.6) is 0 Å². The number of fused-ring (bicyclic) bond motifs is 1. The summed E-state index contributed by atoms with van der Waals surface area (Å²) in [6, 6.07) is 11.0. The molecular weight excluding hydrogens is 318 g/mol. The highest BCUT2D eigenvalue weighted by molar-refractivity contribution is 6.76. The molecule has 2 aromatic rings. The second-order valence-corrected chi connectivity index (χ2v) is 13.0. The molecule has 1 amide bonds. The first-order valence-electron chi connectivity index (χ1n) is 8.46. The van der Waals surface area contributed by atoms with Crippen molar-refractivity contribution in [2.75, 3.05) is 11.5 Å². The largest absolute Gasteiger partial charge is 0.360 e. The molecule has 0 radical (unpaired) electrons. The molecule has 1 aromatic carbocycles. The number of carbonyl (C=O) groups excluding carboxylic acids is 1. The third-order valence-corrected chi connectivity index (χ3v) is 5.87. The van der Waals surface area contributed by atoms with Gasteiger partial charge in [-0.3, -0.25) is 9.69 Å². The van der Waals surface area contributed by atoms with Gasteiger partial charge in [-0.15, -0.1) is 0 Å². The number of ether oxygens (including phenoxy) is 1. The molecule has 6 heteroatoms. The number of anilines is 2. The number of aromatic nitrogens is 2. The van der Waals surface area contributed by atoms with Crippen LogP contribution in [-0.2, 0) is 22.7 Å². The molecule has 2 heterocycles. The minimum atomic E-state index is -1.07. The highest BCUT2D eigenvalue weighted by Gasteiger charge is 2.26. The van der Waals surface area contributed by atoms with Crippen LogP contribution in [0.4, 0.5) is 11.5 Å². The summed E-state index contributed by atoms with van der Waals surface area (Å²) in [5, 5.41) is 4.53. The van der Waals surface area contributed by atoms with E-state index in [2.05, 4.69) is 30.8 Å². The lowest BCUT2D eigenvalue weighted by Gasteiger charge is -2.27. The number of hydrogen-bond donors (Lipinski definition) is 0. The van der Waals surface area contributed by atoms with E-state index in [1.54, 1.807) is 9.58 Å². The molecule has 0 atom stereocenters. The molecule has 0 bridgehead atoms. The number of benzene rings is 1. The van der Waals surface area contributed by atoms with E-state index in [0.717, 1.165) is 24.8 Å². The standard InChI is InChI=1S/C18H25N3O2Si/c1-24(2,3)13-12-23-14-20-11-10-17(19-20)21-16-7-5-4-6-15(16)8-9-18(21)22/h4-7,10-11H,8-9,12-14H2,1-3H3. The summed E-state index contributed by atoms with van der Waals surface area (Å²) in [6.07, 6.45) is 3.19. The van der Waals surface area contributed by atoms with Crippen LogP contribution in [0.1, 0.15) is 12.0 Å². The van der Waals surface area contributed by atoms with E-state index in [4.69, 9.17) is 4.74 Å². The zero-order chi connectivity index (χ0) is 17.2. The molecule has 128 valence electrons. The molecule has 24 heavy (non-hydrogen) atoms. The van der Waals surface area contributed by atoms with Crippen molar-refractivity contribution in [1.29, 1.82) is 0 Å². The molecule has 0 fully saturated rings. The van der Waals surface area contributed by atoms with Crippen LogP contribution in [0.25, 0.3) is 0 Å². The number of hydrogen-bond acceptors (Lipinski definition) is 3. The second-order valence-electron chi connectivity index (χ2n) is 7.42. The van der Waals surface area contributed by atoms with Crippen molar-refractivity contribution in [3.8, 4) is 0 Å². The van der Waals surface area contributed by atoms with Gasteiger partial charge in [0, 0.05) is 33.4 Å². The molecule has 0 unspecified atom stereocenters. The average Bonchev–Trinajstić information content (AvgIpc) is 2.99. The van der Waals surface area contributed by atoms with Crippen molar-refractivity contribution in [2.24, 2.45) is 0 Å². The van der Waals surface area contributed by atoms with Crippen LogP contribution < -0.4 is 4.90 Å². The van der Waals surface area contributed by atoms with Crippen LogP contribution in [0.2, 0.25) is 25.7 Å². The molecule has 1 aliphatic heterocycles. The predicted octanol–water partition coefficient (Wildman–Crippen LogP) is 3.81. The average molecular weight is 344 g/mol. The first-order chi connectivity index (χ1) is 11.4. The van der Waals surface area contributed by atoms with E-state index in [9.17, 15) is 4.79 Å². The molecule has 5 nitrogen and oxygen atoms in total. The smallest absolute Gasteiger partial charge is 0.233 e. The van der Waals surface area contributed by atoms with Gasteiger partial charge in [-0.25, -0.2) is 4.68 Å². The van der Waals surface area contributed by atoms with Crippen LogP contribution in [0, 0.1) is 0 Å². The van der Waals surface area contributed by atoms with Crippen LogP contribution >= 0.6 is 0 Å². The van der Waals surface area contributed by atoms with Crippen LogP contribution in [0.3, 0.4) is 0 Å². The third-order valence-electron chi connectivity index (χ3n) is 4.17. The van der Waals surface area contributed by atoms with Gasteiger partial charge >= 0.3 is 0 Å². The molecular formula is C18H25N3O2Si. The summed E-state index contributed by atoms with van der Waals surface area (Å²) in [7, 11) is -1.07. The Morgan fingerprint density at radius 1 is 1.17 bits per heavy atom. The number of amides is 1. The minimum Gasteiger partial charge on any atom is -0.360 e. The van der Waals surface area contributed by atoms with Gasteiger partial charge in [-0.05, 0) is 24.1 Å². The Labute approximate surface area is 144 Å². The molecule has 3 rings (SSSR count). The van der Waals surface area contributed by atoms with Gasteiger partial charge in [0.05, 0.1) is 5.69 Å². The topological polar surface area (TPSA) is 47.4 Å². The van der Waals surface area contributed by atoms with Crippen molar-refractivity contribution in [3.63, 3.8) is 0 Å². The van der Waals surface area contributed by atoms with Crippen molar-refractivity contribution >= 4 is 25.5 Å². The Kier molecular flexibility index (Phi) is 4.87. The number of aryl methyl sites for hydroxylation is 1. The first kappa shape index (κ1) is 16.9. The van der Waals surface area contributed by atoms with E-state index in [1.807, 2.05) is 30.5 Å². The van der Waals surface area contributed by atoms with Gasteiger partial charge in [0.2, 0.25) is 5.91 Å². The number of carbonyl (C=O) groups is 1. The van der Waals surface area contributed by atoms with Gasteiger partial charge in [0.1, 0.15) is 6.73 Å². The highest BCUT2D eigenvalue weighted by atomic mass is 28.3. The Hall–Kier alpha value is -1.92. The van der Waals surface area contributed by atoms with Crippen LogP contribution in [-0.4, -0.2) is 30.4 Å². The minimum absolute atomic E-state index is 0.0959. The lowest BCUT2D eigenvalue weighted by molar-refractivity contribution is -0.118. The summed E-state index contributed by atoms with van der Waals surface area (Å²) in [5.74, 6) is 0.763. The van der Waals surface area contributed by atoms with E-state index in [0.29, 0.717) is 19.0 Å². The number of nitrogens with zero attached hydrogens (tertiary/aromatic N) is 3. The Bertz CT molecular complexity index is 721. The number of para-hydroxylation sites is 1. The lowest BCUT2D eigenvalue weighted by atomic mass is 10.0. The first-order valence-corrected chi connectivity index (χ1v) is 12.2. The predicted molar refractivity (Wildman–Crippen MR) is 98.2 cm³/mol. The molecule has 0 spiro atoms. The normalized spacial score (nSPS) is 14.8. The molecule has 0 saturated heterocycles. The molecule has 0 N–H and O–H groups in total. The summed E-state index contributed by atoms with van der Waals surface area (Å²) < 4.78 is 7.48. The van der Waals surface area contributed by atoms with Crippen molar-refractivity contribution in [2.45, 2.75) is 45.3 Å². The van der Waals surface area contributed by atoms with E-state index in [1.165, 1.54) is 5.56 Å². The quantitative estimate of drug-likeness (QED) is 0.592. The van der Waals surface area contributed by atoms with Crippen molar-refractivity contribution in [3.05, 3.63) is 42.1 Å². The van der Waals surface area contributed by atoms with E-state index >= 15 is 0 Å². The van der Waals surface area contributed by atoms with Gasteiger partial charge in [-0.2, -0.15) is 5.10 Å². The van der Waals surface area contributed by atoms with Gasteiger partial charge in [0.25, 0.3) is 0 Å². The second kappa shape index (κ2) is 6.90. The molecule has 0 saturated carbocycles. The van der Waals surface area contributed by atoms with Gasteiger partial charge < -0.3 is 4.74 Å². The monoisotopic (exact) mass is 343 g/mol. The highest BCUT2D eigenvalue weighted by Crippen LogP contribution is 2.32. The fourth-order valence-electron chi connectivity index (χ4n) is 2.76. The Morgan fingerprint density at radius 2 is 1.96 bits per heavy atom. The van der Waals surface area contributed by atoms with Gasteiger partial charge in [0.15, 0.2) is 5.82 Å².